The van der Waals surface area contributed by atoms with E-state index in [1.807, 2.05) is 31.2 Å². The Bertz CT molecular complexity index is 989. The fraction of sp³-hybridized carbons (Fsp3) is 0.211. The smallest absolute Gasteiger partial charge is 0.234 e. The van der Waals surface area contributed by atoms with Crippen LogP contribution in [0.5, 0.6) is 0 Å². The predicted molar refractivity (Wildman–Crippen MR) is 95.2 cm³/mol. The zero-order valence-electron chi connectivity index (χ0n) is 13.8. The molecule has 1 aliphatic rings. The molecule has 0 bridgehead atoms. The molecule has 0 amide bonds. The number of nitrogens with one attached hydrogen (secondary N) is 1. The first-order valence-corrected chi connectivity index (χ1v) is 9.67. The van der Waals surface area contributed by atoms with Crippen LogP contribution in [-0.2, 0) is 9.84 Å². The Labute approximate surface area is 146 Å². The Kier molecular flexibility index (Phi) is 3.84. The Balaban J connectivity index is 1.81. The van der Waals surface area contributed by atoms with E-state index in [4.69, 9.17) is 4.42 Å². The van der Waals surface area contributed by atoms with E-state index in [1.54, 1.807) is 30.3 Å². The van der Waals surface area contributed by atoms with Gasteiger partial charge in [-0.15, -0.1) is 0 Å². The largest absolute Gasteiger partial charge is 0.419 e. The predicted octanol–water partition coefficient (Wildman–Crippen LogP) is 4.06. The Morgan fingerprint density at radius 2 is 1.72 bits per heavy atom. The molecule has 128 valence electrons. The van der Waals surface area contributed by atoms with Gasteiger partial charge in [0.2, 0.25) is 26.6 Å². The molecule has 0 spiro atoms. The summed E-state index contributed by atoms with van der Waals surface area (Å²) in [6.45, 7) is 1.99. The summed E-state index contributed by atoms with van der Waals surface area (Å²) in [5.74, 6) is 0.527. The molecular weight excluding hydrogens is 336 g/mol. The van der Waals surface area contributed by atoms with Gasteiger partial charge in [-0.25, -0.2) is 8.42 Å². The number of hydrogen-bond donors (Lipinski definition) is 1. The number of aryl methyl sites for hydroxylation is 1. The Morgan fingerprint density at radius 1 is 1.04 bits per heavy atom. The SMILES string of the molecule is Cc1ccc(-c2nc(S(=O)(=O)c3ccccc3)c(NC3CC3)o2)cc1. The van der Waals surface area contributed by atoms with Gasteiger partial charge in [0, 0.05) is 11.6 Å². The van der Waals surface area contributed by atoms with E-state index in [2.05, 4.69) is 10.3 Å². The highest BCUT2D eigenvalue weighted by molar-refractivity contribution is 7.91. The maximum absolute atomic E-state index is 13.0. The van der Waals surface area contributed by atoms with Crippen molar-refractivity contribution in [1.29, 1.82) is 0 Å². The molecule has 0 atom stereocenters. The van der Waals surface area contributed by atoms with Crippen LogP contribution in [0.4, 0.5) is 5.88 Å². The first-order chi connectivity index (χ1) is 12.0. The summed E-state index contributed by atoms with van der Waals surface area (Å²) in [5, 5.41) is 3.10. The molecular formula is C19H18N2O3S. The standard InChI is InChI=1S/C19H18N2O3S/c1-13-7-9-14(10-8-13)17-21-19(18(24-17)20-15-11-12-15)25(22,23)16-5-3-2-4-6-16/h2-10,15,20H,11-12H2,1H3. The molecule has 5 nitrogen and oxygen atoms in total. The van der Waals surface area contributed by atoms with Crippen molar-refractivity contribution in [1.82, 2.24) is 4.98 Å². The van der Waals surface area contributed by atoms with E-state index in [-0.39, 0.29) is 21.8 Å². The Hall–Kier alpha value is -2.60. The number of rotatable bonds is 5. The number of sulfone groups is 1. The van der Waals surface area contributed by atoms with Crippen LogP contribution in [0.25, 0.3) is 11.5 Å². The van der Waals surface area contributed by atoms with E-state index < -0.39 is 9.84 Å². The molecule has 0 radical (unpaired) electrons. The number of hydrogen-bond acceptors (Lipinski definition) is 5. The van der Waals surface area contributed by atoms with Crippen LogP contribution >= 0.6 is 0 Å². The van der Waals surface area contributed by atoms with Gasteiger partial charge in [0.1, 0.15) is 0 Å². The lowest BCUT2D eigenvalue weighted by Gasteiger charge is -2.04. The maximum atomic E-state index is 13.0. The summed E-state index contributed by atoms with van der Waals surface area (Å²) in [5.41, 5.74) is 1.86. The normalized spacial score (nSPS) is 14.4. The third-order valence-electron chi connectivity index (χ3n) is 4.12. The minimum absolute atomic E-state index is 0.0545. The third-order valence-corrected chi connectivity index (χ3v) is 5.79. The van der Waals surface area contributed by atoms with E-state index in [0.717, 1.165) is 24.0 Å². The van der Waals surface area contributed by atoms with Crippen LogP contribution in [0.3, 0.4) is 0 Å². The van der Waals surface area contributed by atoms with E-state index in [9.17, 15) is 8.42 Å². The van der Waals surface area contributed by atoms with Gasteiger partial charge in [-0.3, -0.25) is 0 Å². The second kappa shape index (κ2) is 6.04. The van der Waals surface area contributed by atoms with E-state index in [0.29, 0.717) is 5.89 Å². The second-order valence-corrected chi connectivity index (χ2v) is 8.12. The quantitative estimate of drug-likeness (QED) is 0.748. The van der Waals surface area contributed by atoms with E-state index >= 15 is 0 Å². The number of benzene rings is 2. The molecule has 1 heterocycles. The highest BCUT2D eigenvalue weighted by Gasteiger charge is 2.32. The fourth-order valence-electron chi connectivity index (χ4n) is 2.52. The molecule has 1 saturated carbocycles. The van der Waals surface area contributed by atoms with Crippen molar-refractivity contribution in [2.45, 2.75) is 35.7 Å². The topological polar surface area (TPSA) is 72.2 Å². The van der Waals surface area contributed by atoms with Crippen molar-refractivity contribution < 1.29 is 12.8 Å². The van der Waals surface area contributed by atoms with Crippen molar-refractivity contribution in [3.8, 4) is 11.5 Å². The van der Waals surface area contributed by atoms with Crippen molar-refractivity contribution in [3.63, 3.8) is 0 Å². The average molecular weight is 354 g/mol. The molecule has 2 aromatic carbocycles. The van der Waals surface area contributed by atoms with Gasteiger partial charge in [0.25, 0.3) is 0 Å². The first kappa shape index (κ1) is 15.9. The van der Waals surface area contributed by atoms with Gasteiger partial charge >= 0.3 is 0 Å². The molecule has 4 rings (SSSR count). The minimum atomic E-state index is -3.75. The van der Waals surface area contributed by atoms with Crippen molar-refractivity contribution in [3.05, 3.63) is 60.2 Å². The minimum Gasteiger partial charge on any atom is -0.419 e. The van der Waals surface area contributed by atoms with Crippen LogP contribution in [0.2, 0.25) is 0 Å². The van der Waals surface area contributed by atoms with Gasteiger partial charge in [-0.1, -0.05) is 35.9 Å². The summed E-state index contributed by atoms with van der Waals surface area (Å²) in [6.07, 6.45) is 2.01. The molecule has 0 unspecified atom stereocenters. The van der Waals surface area contributed by atoms with Gasteiger partial charge in [-0.05, 0) is 44.0 Å². The van der Waals surface area contributed by atoms with E-state index in [1.165, 1.54) is 0 Å². The number of nitrogens with zero attached hydrogens (tertiary/aromatic N) is 1. The monoisotopic (exact) mass is 354 g/mol. The van der Waals surface area contributed by atoms with Crippen molar-refractivity contribution in [2.75, 3.05) is 5.32 Å². The molecule has 3 aromatic rings. The Morgan fingerprint density at radius 3 is 2.36 bits per heavy atom. The van der Waals surface area contributed by atoms with Crippen LogP contribution in [0.15, 0.2) is 68.9 Å². The lowest BCUT2D eigenvalue weighted by molar-refractivity contribution is 0.576. The summed E-state index contributed by atoms with van der Waals surface area (Å²) in [7, 11) is -3.75. The van der Waals surface area contributed by atoms with Gasteiger partial charge < -0.3 is 9.73 Å². The lowest BCUT2D eigenvalue weighted by Crippen LogP contribution is -2.08. The molecule has 1 aliphatic carbocycles. The zero-order chi connectivity index (χ0) is 17.4. The molecule has 0 saturated heterocycles. The van der Waals surface area contributed by atoms with Crippen LogP contribution in [-0.4, -0.2) is 19.4 Å². The molecule has 1 fully saturated rings. The molecule has 0 aliphatic heterocycles. The molecule has 25 heavy (non-hydrogen) atoms. The summed E-state index contributed by atoms with van der Waals surface area (Å²) in [6, 6.07) is 16.2. The summed E-state index contributed by atoms with van der Waals surface area (Å²) in [4.78, 5) is 4.53. The second-order valence-electron chi connectivity index (χ2n) is 6.25. The van der Waals surface area contributed by atoms with Gasteiger partial charge in [0.05, 0.1) is 4.90 Å². The highest BCUT2D eigenvalue weighted by atomic mass is 32.2. The lowest BCUT2D eigenvalue weighted by atomic mass is 10.1. The number of aromatic nitrogens is 1. The zero-order valence-corrected chi connectivity index (χ0v) is 14.6. The molecule has 1 aromatic heterocycles. The average Bonchev–Trinajstić information content (AvgIpc) is 3.33. The number of oxazole rings is 1. The molecule has 1 N–H and O–H groups in total. The maximum Gasteiger partial charge on any atom is 0.234 e. The molecule has 6 heteroatoms. The summed E-state index contributed by atoms with van der Waals surface area (Å²) < 4.78 is 31.8. The highest BCUT2D eigenvalue weighted by Crippen LogP contribution is 2.35. The van der Waals surface area contributed by atoms with Crippen molar-refractivity contribution >= 4 is 15.7 Å². The first-order valence-electron chi connectivity index (χ1n) is 8.18. The van der Waals surface area contributed by atoms with Gasteiger partial charge in [-0.2, -0.15) is 4.98 Å². The van der Waals surface area contributed by atoms with Gasteiger partial charge in [0.15, 0.2) is 0 Å². The third kappa shape index (κ3) is 3.17. The summed E-state index contributed by atoms with van der Waals surface area (Å²) >= 11 is 0. The number of anilines is 1. The van der Waals surface area contributed by atoms with Crippen LogP contribution in [0.1, 0.15) is 18.4 Å². The van der Waals surface area contributed by atoms with Crippen LogP contribution < -0.4 is 5.32 Å². The van der Waals surface area contributed by atoms with Crippen LogP contribution in [0, 0.1) is 6.92 Å². The van der Waals surface area contributed by atoms with Crippen molar-refractivity contribution in [2.24, 2.45) is 0 Å². The fourth-order valence-corrected chi connectivity index (χ4v) is 3.81.